The largest absolute Gasteiger partial charge is 0.503 e. The van der Waals surface area contributed by atoms with Crippen LogP contribution in [-0.2, 0) is 4.79 Å². The molecule has 2 N–H and O–H groups in total. The van der Waals surface area contributed by atoms with E-state index in [4.69, 9.17) is 0 Å². The normalized spacial score (nSPS) is 11.7. The van der Waals surface area contributed by atoms with Gasteiger partial charge in [0.1, 0.15) is 0 Å². The van der Waals surface area contributed by atoms with E-state index in [0.29, 0.717) is 11.3 Å². The Bertz CT molecular complexity index is 683. The van der Waals surface area contributed by atoms with Gasteiger partial charge in [0.15, 0.2) is 17.7 Å². The van der Waals surface area contributed by atoms with Crippen molar-refractivity contribution < 1.29 is 19.3 Å². The van der Waals surface area contributed by atoms with E-state index >= 15 is 0 Å². The minimum atomic E-state index is -0.488. The fourth-order valence-corrected chi connectivity index (χ4v) is 1.92. The number of pyridine rings is 1. The number of ketones is 1. The fraction of sp³-hybridized carbons (Fsp3) is 0.188. The van der Waals surface area contributed by atoms with E-state index in [-0.39, 0.29) is 17.4 Å². The molecule has 1 amide bonds. The van der Waals surface area contributed by atoms with E-state index in [1.165, 1.54) is 19.2 Å². The first-order chi connectivity index (χ1) is 9.97. The van der Waals surface area contributed by atoms with Crippen LogP contribution in [0.15, 0.2) is 48.8 Å². The first-order valence-electron chi connectivity index (χ1n) is 6.59. The number of amides is 1. The standard InChI is InChI=1S/C16H16N2O3/c1-11(18-8-4-7-15(20)10-18)16(21)17-14-6-3-5-13(9-14)12(2)19/h3-11H,1-2H3,(H-,17,20,21)/p+1/t11-/m1/s1. The highest BCUT2D eigenvalue weighted by Gasteiger charge is 2.22. The second kappa shape index (κ2) is 6.17. The van der Waals surface area contributed by atoms with Crippen molar-refractivity contribution in [2.24, 2.45) is 0 Å². The molecule has 5 nitrogen and oxygen atoms in total. The summed E-state index contributed by atoms with van der Waals surface area (Å²) in [5.41, 5.74) is 1.12. The molecule has 0 spiro atoms. The van der Waals surface area contributed by atoms with E-state index < -0.39 is 6.04 Å². The Hall–Kier alpha value is -2.69. The summed E-state index contributed by atoms with van der Waals surface area (Å²) in [7, 11) is 0. The van der Waals surface area contributed by atoms with Crippen molar-refractivity contribution >= 4 is 17.4 Å². The van der Waals surface area contributed by atoms with Gasteiger partial charge in [-0.3, -0.25) is 9.59 Å². The molecule has 1 atom stereocenters. The number of benzene rings is 1. The molecular formula is C16H17N2O3+. The summed E-state index contributed by atoms with van der Waals surface area (Å²) >= 11 is 0. The van der Waals surface area contributed by atoms with E-state index in [1.807, 2.05) is 0 Å². The fourth-order valence-electron chi connectivity index (χ4n) is 1.92. The van der Waals surface area contributed by atoms with Crippen LogP contribution in [0.25, 0.3) is 0 Å². The third-order valence-corrected chi connectivity index (χ3v) is 3.17. The third kappa shape index (κ3) is 3.66. The average Bonchev–Trinajstić information content (AvgIpc) is 2.46. The Balaban J connectivity index is 2.14. The number of carbonyl (C=O) groups excluding carboxylic acids is 2. The lowest BCUT2D eigenvalue weighted by Gasteiger charge is -2.09. The number of nitrogens with one attached hydrogen (secondary N) is 1. The number of nitrogens with zero attached hydrogens (tertiary/aromatic N) is 1. The Morgan fingerprint density at radius 3 is 2.67 bits per heavy atom. The maximum atomic E-state index is 12.2. The van der Waals surface area contributed by atoms with Crippen LogP contribution in [0, 0.1) is 0 Å². The minimum absolute atomic E-state index is 0.0542. The van der Waals surface area contributed by atoms with Crippen LogP contribution in [0.3, 0.4) is 0 Å². The van der Waals surface area contributed by atoms with Crippen molar-refractivity contribution in [2.45, 2.75) is 19.9 Å². The molecule has 5 heteroatoms. The molecule has 0 aliphatic carbocycles. The minimum Gasteiger partial charge on any atom is -0.503 e. The Morgan fingerprint density at radius 1 is 1.24 bits per heavy atom. The number of rotatable bonds is 4. The predicted molar refractivity (Wildman–Crippen MR) is 78.1 cm³/mol. The zero-order chi connectivity index (χ0) is 15.4. The number of hydrogen-bond acceptors (Lipinski definition) is 3. The van der Waals surface area contributed by atoms with Gasteiger partial charge in [0.25, 0.3) is 5.91 Å². The van der Waals surface area contributed by atoms with Crippen LogP contribution in [0.5, 0.6) is 5.75 Å². The smallest absolute Gasteiger partial charge is 0.293 e. The first-order valence-corrected chi connectivity index (χ1v) is 6.59. The molecule has 0 aliphatic heterocycles. The molecule has 0 fully saturated rings. The Morgan fingerprint density at radius 2 is 2.00 bits per heavy atom. The highest BCUT2D eigenvalue weighted by Crippen LogP contribution is 2.13. The molecule has 21 heavy (non-hydrogen) atoms. The SMILES string of the molecule is CC(=O)c1cccc(NC(=O)[C@@H](C)[n+]2cccc(O)c2)c1. The summed E-state index contributed by atoms with van der Waals surface area (Å²) in [4.78, 5) is 23.5. The molecule has 0 aliphatic rings. The zero-order valence-electron chi connectivity index (χ0n) is 11.9. The van der Waals surface area contributed by atoms with E-state index in [0.717, 1.165) is 0 Å². The van der Waals surface area contributed by atoms with Crippen molar-refractivity contribution in [3.63, 3.8) is 0 Å². The predicted octanol–water partition coefficient (Wildman–Crippen LogP) is 2.08. The second-order valence-corrected chi connectivity index (χ2v) is 4.81. The lowest BCUT2D eigenvalue weighted by molar-refractivity contribution is -0.705. The number of carbonyl (C=O) groups is 2. The van der Waals surface area contributed by atoms with Gasteiger partial charge in [0.2, 0.25) is 12.2 Å². The van der Waals surface area contributed by atoms with Gasteiger partial charge in [0, 0.05) is 24.2 Å². The molecule has 1 aromatic carbocycles. The van der Waals surface area contributed by atoms with Crippen LogP contribution in [0.1, 0.15) is 30.2 Å². The van der Waals surface area contributed by atoms with E-state index in [1.54, 1.807) is 48.0 Å². The summed E-state index contributed by atoms with van der Waals surface area (Å²) < 4.78 is 1.61. The molecule has 0 saturated heterocycles. The molecule has 108 valence electrons. The molecule has 0 bridgehead atoms. The highest BCUT2D eigenvalue weighted by atomic mass is 16.3. The molecule has 1 heterocycles. The molecule has 0 radical (unpaired) electrons. The van der Waals surface area contributed by atoms with Crippen molar-refractivity contribution in [3.8, 4) is 5.75 Å². The van der Waals surface area contributed by atoms with Crippen LogP contribution in [-0.4, -0.2) is 16.8 Å². The second-order valence-electron chi connectivity index (χ2n) is 4.81. The molecule has 2 aromatic rings. The van der Waals surface area contributed by atoms with Gasteiger partial charge in [-0.05, 0) is 25.1 Å². The van der Waals surface area contributed by atoms with Gasteiger partial charge < -0.3 is 10.4 Å². The van der Waals surface area contributed by atoms with E-state index in [9.17, 15) is 14.7 Å². The van der Waals surface area contributed by atoms with Crippen molar-refractivity contribution in [2.75, 3.05) is 5.32 Å². The van der Waals surface area contributed by atoms with Gasteiger partial charge in [0.05, 0.1) is 0 Å². The zero-order valence-corrected chi connectivity index (χ0v) is 11.9. The van der Waals surface area contributed by atoms with Crippen molar-refractivity contribution in [1.29, 1.82) is 0 Å². The summed E-state index contributed by atoms with van der Waals surface area (Å²) in [6, 6.07) is 9.50. The number of aromatic hydroxyl groups is 1. The van der Waals surface area contributed by atoms with Gasteiger partial charge >= 0.3 is 0 Å². The third-order valence-electron chi connectivity index (χ3n) is 3.17. The van der Waals surface area contributed by atoms with E-state index in [2.05, 4.69) is 5.32 Å². The number of anilines is 1. The number of Topliss-reactive ketones (excluding diaryl/α,β-unsaturated/α-hetero) is 1. The number of aromatic nitrogens is 1. The molecule has 2 rings (SSSR count). The van der Waals surface area contributed by atoms with Crippen LogP contribution in [0.2, 0.25) is 0 Å². The van der Waals surface area contributed by atoms with Gasteiger partial charge in [-0.1, -0.05) is 12.1 Å². The maximum Gasteiger partial charge on any atom is 0.293 e. The van der Waals surface area contributed by atoms with Crippen LogP contribution >= 0.6 is 0 Å². The van der Waals surface area contributed by atoms with Gasteiger partial charge in [-0.15, -0.1) is 0 Å². The quantitative estimate of drug-likeness (QED) is 0.667. The van der Waals surface area contributed by atoms with Gasteiger partial charge in [-0.25, -0.2) is 0 Å². The highest BCUT2D eigenvalue weighted by molar-refractivity contribution is 5.97. The van der Waals surface area contributed by atoms with Crippen molar-refractivity contribution in [1.82, 2.24) is 0 Å². The number of hydrogen-bond donors (Lipinski definition) is 2. The first kappa shape index (κ1) is 14.7. The summed E-state index contributed by atoms with van der Waals surface area (Å²) in [5.74, 6) is -0.191. The summed E-state index contributed by atoms with van der Waals surface area (Å²) in [6.07, 6.45) is 3.19. The summed E-state index contributed by atoms with van der Waals surface area (Å²) in [6.45, 7) is 3.20. The van der Waals surface area contributed by atoms with Crippen LogP contribution < -0.4 is 9.88 Å². The monoisotopic (exact) mass is 285 g/mol. The van der Waals surface area contributed by atoms with Crippen molar-refractivity contribution in [3.05, 3.63) is 54.4 Å². The van der Waals surface area contributed by atoms with Crippen LogP contribution in [0.4, 0.5) is 5.69 Å². The maximum absolute atomic E-state index is 12.2. The molecule has 0 unspecified atom stereocenters. The molecular weight excluding hydrogens is 268 g/mol. The molecule has 1 aromatic heterocycles. The Labute approximate surface area is 122 Å². The summed E-state index contributed by atoms with van der Waals surface area (Å²) in [5, 5.41) is 12.2. The lowest BCUT2D eigenvalue weighted by Crippen LogP contribution is -2.43. The Kier molecular flexibility index (Phi) is 4.33. The van der Waals surface area contributed by atoms with Gasteiger partial charge in [-0.2, -0.15) is 4.57 Å². The topological polar surface area (TPSA) is 70.3 Å². The lowest BCUT2D eigenvalue weighted by atomic mass is 10.1. The average molecular weight is 285 g/mol. The molecule has 0 saturated carbocycles.